The Labute approximate surface area is 109 Å². The zero-order chi connectivity index (χ0) is 12.4. The van der Waals surface area contributed by atoms with Crippen molar-refractivity contribution in [3.05, 3.63) is 29.6 Å². The monoisotopic (exact) mass is 246 g/mol. The largest absolute Gasteiger partial charge is 0.314 e. The minimum absolute atomic E-state index is 0.782. The molecule has 4 nitrogen and oxygen atoms in total. The van der Waals surface area contributed by atoms with Crippen molar-refractivity contribution in [1.29, 1.82) is 0 Å². The summed E-state index contributed by atoms with van der Waals surface area (Å²) in [4.78, 5) is 9.37. The van der Waals surface area contributed by atoms with E-state index in [0.717, 1.165) is 25.7 Å². The number of aryl methyl sites for hydroxylation is 1. The highest BCUT2D eigenvalue weighted by Gasteiger charge is 2.32. The minimum Gasteiger partial charge on any atom is -0.314 e. The van der Waals surface area contributed by atoms with Gasteiger partial charge in [0.25, 0.3) is 0 Å². The van der Waals surface area contributed by atoms with E-state index in [2.05, 4.69) is 33.1 Å². The Morgan fingerprint density at radius 3 is 2.83 bits per heavy atom. The SMILES string of the molecule is Cc1ccncc1CN1CC(N2CCNCC2)C1. The van der Waals surface area contributed by atoms with Crippen molar-refractivity contribution >= 4 is 0 Å². The highest BCUT2D eigenvalue weighted by Crippen LogP contribution is 2.19. The third kappa shape index (κ3) is 2.55. The van der Waals surface area contributed by atoms with Crippen LogP contribution >= 0.6 is 0 Å². The number of hydrogen-bond acceptors (Lipinski definition) is 4. The van der Waals surface area contributed by atoms with E-state index in [0.29, 0.717) is 0 Å². The van der Waals surface area contributed by atoms with Crippen LogP contribution in [0.1, 0.15) is 11.1 Å². The summed E-state index contributed by atoms with van der Waals surface area (Å²) >= 11 is 0. The number of pyridine rings is 1. The first-order chi connectivity index (χ1) is 8.83. The van der Waals surface area contributed by atoms with Crippen LogP contribution in [0.5, 0.6) is 0 Å². The third-order valence-corrected chi connectivity index (χ3v) is 4.15. The first-order valence-corrected chi connectivity index (χ1v) is 6.89. The minimum atomic E-state index is 0.782. The second-order valence-corrected chi connectivity index (χ2v) is 5.44. The van der Waals surface area contributed by atoms with Crippen LogP contribution in [0.25, 0.3) is 0 Å². The number of nitrogens with zero attached hydrogens (tertiary/aromatic N) is 3. The Kier molecular flexibility index (Phi) is 3.59. The molecule has 0 amide bonds. The molecule has 0 bridgehead atoms. The number of likely N-dealkylation sites (tertiary alicyclic amines) is 1. The maximum atomic E-state index is 4.22. The molecule has 2 aliphatic heterocycles. The average Bonchev–Trinajstić information content (AvgIpc) is 2.36. The fourth-order valence-electron chi connectivity index (χ4n) is 2.85. The lowest BCUT2D eigenvalue weighted by Crippen LogP contribution is -2.62. The zero-order valence-corrected chi connectivity index (χ0v) is 11.1. The van der Waals surface area contributed by atoms with Crippen LogP contribution in [0.15, 0.2) is 18.5 Å². The molecule has 1 aromatic rings. The maximum Gasteiger partial charge on any atom is 0.0351 e. The Morgan fingerprint density at radius 1 is 1.33 bits per heavy atom. The van der Waals surface area contributed by atoms with Crippen molar-refractivity contribution < 1.29 is 0 Å². The van der Waals surface area contributed by atoms with Crippen LogP contribution in [0.4, 0.5) is 0 Å². The quantitative estimate of drug-likeness (QED) is 0.840. The molecule has 98 valence electrons. The lowest BCUT2D eigenvalue weighted by Gasteiger charge is -2.47. The highest BCUT2D eigenvalue weighted by atomic mass is 15.3. The molecule has 2 aliphatic rings. The van der Waals surface area contributed by atoms with E-state index < -0.39 is 0 Å². The fourth-order valence-corrected chi connectivity index (χ4v) is 2.85. The average molecular weight is 246 g/mol. The molecule has 0 spiro atoms. The third-order valence-electron chi connectivity index (χ3n) is 4.15. The molecule has 3 rings (SSSR count). The van der Waals surface area contributed by atoms with Gasteiger partial charge in [0.05, 0.1) is 0 Å². The van der Waals surface area contributed by atoms with E-state index in [1.807, 2.05) is 12.4 Å². The van der Waals surface area contributed by atoms with E-state index in [1.165, 1.54) is 37.3 Å². The van der Waals surface area contributed by atoms with Crippen LogP contribution in [0.2, 0.25) is 0 Å². The highest BCUT2D eigenvalue weighted by molar-refractivity contribution is 5.21. The molecule has 0 saturated carbocycles. The first kappa shape index (κ1) is 12.1. The zero-order valence-electron chi connectivity index (χ0n) is 11.1. The molecule has 1 N–H and O–H groups in total. The van der Waals surface area contributed by atoms with Crippen LogP contribution in [0.3, 0.4) is 0 Å². The number of aromatic nitrogens is 1. The van der Waals surface area contributed by atoms with Gasteiger partial charge in [-0.05, 0) is 24.1 Å². The molecule has 3 heterocycles. The van der Waals surface area contributed by atoms with Gasteiger partial charge in [-0.25, -0.2) is 0 Å². The van der Waals surface area contributed by atoms with E-state index in [9.17, 15) is 0 Å². The molecule has 0 atom stereocenters. The topological polar surface area (TPSA) is 31.4 Å². The van der Waals surface area contributed by atoms with Crippen LogP contribution in [-0.4, -0.2) is 60.1 Å². The van der Waals surface area contributed by atoms with Gasteiger partial charge in [-0.2, -0.15) is 0 Å². The van der Waals surface area contributed by atoms with Crippen LogP contribution < -0.4 is 5.32 Å². The van der Waals surface area contributed by atoms with Crippen molar-refractivity contribution in [2.45, 2.75) is 19.5 Å². The van der Waals surface area contributed by atoms with Crippen molar-refractivity contribution in [2.24, 2.45) is 0 Å². The molecule has 2 saturated heterocycles. The molecule has 1 aromatic heterocycles. The van der Waals surface area contributed by atoms with Crippen LogP contribution in [0, 0.1) is 6.92 Å². The Bertz CT molecular complexity index is 395. The summed E-state index contributed by atoms with van der Waals surface area (Å²) in [6, 6.07) is 2.88. The van der Waals surface area contributed by atoms with Gasteiger partial charge in [-0.1, -0.05) is 0 Å². The summed E-state index contributed by atoms with van der Waals surface area (Å²) in [5.74, 6) is 0. The Morgan fingerprint density at radius 2 is 2.11 bits per heavy atom. The summed E-state index contributed by atoms with van der Waals surface area (Å²) in [7, 11) is 0. The van der Waals surface area contributed by atoms with Gasteiger partial charge >= 0.3 is 0 Å². The number of nitrogens with one attached hydrogen (secondary N) is 1. The number of rotatable bonds is 3. The van der Waals surface area contributed by atoms with E-state index in [1.54, 1.807) is 0 Å². The standard InChI is InChI=1S/C14H22N4/c1-12-2-3-16-8-13(12)9-17-10-14(11-17)18-6-4-15-5-7-18/h2-3,8,14-15H,4-7,9-11H2,1H3. The molecule has 4 heteroatoms. The van der Waals surface area contributed by atoms with Crippen molar-refractivity contribution in [2.75, 3.05) is 39.3 Å². The van der Waals surface area contributed by atoms with Crippen LogP contribution in [-0.2, 0) is 6.54 Å². The lowest BCUT2D eigenvalue weighted by atomic mass is 10.0. The van der Waals surface area contributed by atoms with Gasteiger partial charge in [-0.15, -0.1) is 0 Å². The van der Waals surface area contributed by atoms with Crippen molar-refractivity contribution in [3.63, 3.8) is 0 Å². The van der Waals surface area contributed by atoms with Gasteiger partial charge in [-0.3, -0.25) is 14.8 Å². The molecular weight excluding hydrogens is 224 g/mol. The van der Waals surface area contributed by atoms with E-state index in [-0.39, 0.29) is 0 Å². The Hall–Kier alpha value is -0.970. The second-order valence-electron chi connectivity index (χ2n) is 5.44. The molecular formula is C14H22N4. The summed E-state index contributed by atoms with van der Waals surface area (Å²) in [6.45, 7) is 10.4. The van der Waals surface area contributed by atoms with E-state index in [4.69, 9.17) is 0 Å². The van der Waals surface area contributed by atoms with Gasteiger partial charge in [0, 0.05) is 64.2 Å². The van der Waals surface area contributed by atoms with E-state index >= 15 is 0 Å². The maximum absolute atomic E-state index is 4.22. The summed E-state index contributed by atoms with van der Waals surface area (Å²) in [6.07, 6.45) is 3.88. The van der Waals surface area contributed by atoms with Gasteiger partial charge in [0.1, 0.15) is 0 Å². The number of piperazine rings is 1. The summed E-state index contributed by atoms with van der Waals surface area (Å²) in [5, 5.41) is 3.41. The van der Waals surface area contributed by atoms with Gasteiger partial charge in [0.2, 0.25) is 0 Å². The fraction of sp³-hybridized carbons (Fsp3) is 0.643. The normalized spacial score (nSPS) is 22.9. The molecule has 0 radical (unpaired) electrons. The molecule has 0 aromatic carbocycles. The predicted molar refractivity (Wildman–Crippen MR) is 72.5 cm³/mol. The predicted octanol–water partition coefficient (Wildman–Crippen LogP) is 0.479. The smallest absolute Gasteiger partial charge is 0.0351 e. The van der Waals surface area contributed by atoms with Crippen molar-refractivity contribution in [3.8, 4) is 0 Å². The summed E-state index contributed by atoms with van der Waals surface area (Å²) < 4.78 is 0. The molecule has 2 fully saturated rings. The molecule has 0 aliphatic carbocycles. The van der Waals surface area contributed by atoms with Crippen molar-refractivity contribution in [1.82, 2.24) is 20.1 Å². The molecule has 0 unspecified atom stereocenters. The van der Waals surface area contributed by atoms with Gasteiger partial charge < -0.3 is 5.32 Å². The summed E-state index contributed by atoms with van der Waals surface area (Å²) in [5.41, 5.74) is 2.73. The molecule has 18 heavy (non-hydrogen) atoms. The van der Waals surface area contributed by atoms with Gasteiger partial charge in [0.15, 0.2) is 0 Å². The Balaban J connectivity index is 1.49. The first-order valence-electron chi connectivity index (χ1n) is 6.89. The second kappa shape index (κ2) is 5.34. The lowest BCUT2D eigenvalue weighted by molar-refractivity contribution is 0.0221. The number of hydrogen-bond donors (Lipinski definition) is 1.